The normalized spacial score (nSPS) is 14.0. The summed E-state index contributed by atoms with van der Waals surface area (Å²) in [5.74, 6) is 1.12. The Morgan fingerprint density at radius 2 is 0.903 bits per heavy atom. The average Bonchev–Trinajstić information content (AvgIpc) is 2.80. The van der Waals surface area contributed by atoms with Gasteiger partial charge < -0.3 is 43.6 Å². The van der Waals surface area contributed by atoms with Crippen molar-refractivity contribution >= 4 is 0 Å². The highest BCUT2D eigenvalue weighted by Crippen LogP contribution is 2.17. The molecule has 0 atom stereocenters. The molecule has 0 amide bonds. The Morgan fingerprint density at radius 1 is 0.516 bits per heavy atom. The zero-order valence-corrected chi connectivity index (χ0v) is 19.1. The van der Waals surface area contributed by atoms with Crippen molar-refractivity contribution in [2.75, 3.05) is 106 Å². The van der Waals surface area contributed by atoms with Gasteiger partial charge in [-0.05, 0) is 25.3 Å². The first-order chi connectivity index (χ1) is 15.4. The van der Waals surface area contributed by atoms with Gasteiger partial charge in [0, 0.05) is 13.0 Å². The smallest absolute Gasteiger partial charge is 0.111 e. The summed E-state index contributed by atoms with van der Waals surface area (Å²) >= 11 is 0. The van der Waals surface area contributed by atoms with E-state index in [-0.39, 0.29) is 0 Å². The van der Waals surface area contributed by atoms with Gasteiger partial charge in [-0.15, -0.1) is 0 Å². The second-order valence-electron chi connectivity index (χ2n) is 6.84. The minimum absolute atomic E-state index is 0.535. The maximum atomic E-state index is 5.67. The molecule has 0 aliphatic heterocycles. The third kappa shape index (κ3) is 20.9. The van der Waals surface area contributed by atoms with Crippen LogP contribution in [-0.2, 0) is 37.9 Å². The highest BCUT2D eigenvalue weighted by Gasteiger charge is 2.03. The van der Waals surface area contributed by atoms with E-state index in [0.29, 0.717) is 106 Å². The highest BCUT2D eigenvalue weighted by atomic mass is 16.6. The second-order valence-corrected chi connectivity index (χ2v) is 6.84. The summed E-state index contributed by atoms with van der Waals surface area (Å²) in [4.78, 5) is 0. The van der Waals surface area contributed by atoms with E-state index >= 15 is 0 Å². The molecule has 31 heavy (non-hydrogen) atoms. The molecule has 0 radical (unpaired) electrons. The lowest BCUT2D eigenvalue weighted by Crippen LogP contribution is -2.15. The number of hydrogen-bond acceptors (Lipinski definition) is 9. The molecule has 0 aromatic heterocycles. The van der Waals surface area contributed by atoms with E-state index in [2.05, 4.69) is 6.08 Å². The molecule has 1 aliphatic carbocycles. The first kappa shape index (κ1) is 28.3. The summed E-state index contributed by atoms with van der Waals surface area (Å²) in [7, 11) is 0. The molecule has 0 saturated heterocycles. The molecule has 0 aromatic rings. The maximum Gasteiger partial charge on any atom is 0.111 e. The van der Waals surface area contributed by atoms with Crippen molar-refractivity contribution < 1.29 is 37.9 Å². The Hall–Kier alpha value is -0.780. The van der Waals surface area contributed by atoms with Gasteiger partial charge in [-0.25, -0.2) is 0 Å². The summed E-state index contributed by atoms with van der Waals surface area (Å²) < 4.78 is 43.5. The number of ether oxygens (including phenoxy) is 8. The van der Waals surface area contributed by atoms with Crippen LogP contribution >= 0.6 is 0 Å². The van der Waals surface area contributed by atoms with E-state index in [1.54, 1.807) is 0 Å². The van der Waals surface area contributed by atoms with Crippen LogP contribution in [-0.4, -0.2) is 106 Å². The Bertz CT molecular complexity index is 398. The summed E-state index contributed by atoms with van der Waals surface area (Å²) in [6.45, 7) is 8.90. The van der Waals surface area contributed by atoms with Crippen molar-refractivity contribution in [3.8, 4) is 0 Å². The number of hydrogen-bond donors (Lipinski definition) is 1. The Morgan fingerprint density at radius 3 is 1.26 bits per heavy atom. The molecule has 9 heteroatoms. The monoisotopic (exact) mass is 449 g/mol. The van der Waals surface area contributed by atoms with Crippen molar-refractivity contribution in [3.63, 3.8) is 0 Å². The number of rotatable bonds is 24. The molecule has 0 heterocycles. The topological polar surface area (TPSA) is 99.9 Å². The van der Waals surface area contributed by atoms with Crippen LogP contribution in [0.4, 0.5) is 0 Å². The van der Waals surface area contributed by atoms with Crippen LogP contribution in [0.15, 0.2) is 11.8 Å². The van der Waals surface area contributed by atoms with Gasteiger partial charge in [0.15, 0.2) is 0 Å². The van der Waals surface area contributed by atoms with Gasteiger partial charge in [0.1, 0.15) is 6.61 Å². The largest absolute Gasteiger partial charge is 0.496 e. The molecule has 0 bridgehead atoms. The third-order valence-electron chi connectivity index (χ3n) is 4.26. The zero-order chi connectivity index (χ0) is 22.1. The first-order valence-corrected chi connectivity index (χ1v) is 11.5. The van der Waals surface area contributed by atoms with Gasteiger partial charge in [0.2, 0.25) is 0 Å². The molecular formula is C22H43NO8. The first-order valence-electron chi connectivity index (χ1n) is 11.5. The van der Waals surface area contributed by atoms with Gasteiger partial charge in [0.25, 0.3) is 0 Å². The van der Waals surface area contributed by atoms with Crippen molar-refractivity contribution in [2.45, 2.75) is 25.7 Å². The summed E-state index contributed by atoms with van der Waals surface area (Å²) in [5.41, 5.74) is 5.31. The minimum atomic E-state index is 0.535. The van der Waals surface area contributed by atoms with Crippen molar-refractivity contribution in [3.05, 3.63) is 11.8 Å². The molecule has 9 nitrogen and oxygen atoms in total. The van der Waals surface area contributed by atoms with Crippen molar-refractivity contribution in [1.29, 1.82) is 0 Å². The fourth-order valence-electron chi connectivity index (χ4n) is 2.68. The van der Waals surface area contributed by atoms with Crippen LogP contribution in [0.25, 0.3) is 0 Å². The highest BCUT2D eigenvalue weighted by molar-refractivity contribution is 4.96. The predicted molar refractivity (Wildman–Crippen MR) is 117 cm³/mol. The molecule has 1 aliphatic rings. The molecule has 0 fully saturated rings. The van der Waals surface area contributed by atoms with Crippen LogP contribution in [0.5, 0.6) is 0 Å². The molecule has 0 spiro atoms. The van der Waals surface area contributed by atoms with E-state index in [4.69, 9.17) is 43.6 Å². The van der Waals surface area contributed by atoms with Crippen LogP contribution < -0.4 is 5.73 Å². The van der Waals surface area contributed by atoms with Crippen molar-refractivity contribution in [2.24, 2.45) is 5.73 Å². The van der Waals surface area contributed by atoms with Crippen LogP contribution in [0.2, 0.25) is 0 Å². The van der Waals surface area contributed by atoms with Crippen molar-refractivity contribution in [1.82, 2.24) is 0 Å². The minimum Gasteiger partial charge on any atom is -0.496 e. The van der Waals surface area contributed by atoms with Gasteiger partial charge in [-0.1, -0.05) is 0 Å². The lowest BCUT2D eigenvalue weighted by molar-refractivity contribution is -0.0218. The Labute approximate surface area is 187 Å². The molecule has 2 N–H and O–H groups in total. The number of nitrogens with two attached hydrogens (primary N) is 1. The summed E-state index contributed by atoms with van der Waals surface area (Å²) in [6.07, 6.45) is 6.89. The molecule has 184 valence electrons. The van der Waals surface area contributed by atoms with E-state index in [1.165, 1.54) is 12.8 Å². The lowest BCUT2D eigenvalue weighted by atomic mass is 10.1. The van der Waals surface area contributed by atoms with Gasteiger partial charge in [0.05, 0.1) is 98.3 Å². The zero-order valence-electron chi connectivity index (χ0n) is 19.1. The summed E-state index contributed by atoms with van der Waals surface area (Å²) in [5, 5.41) is 0. The Kier molecular flexibility index (Phi) is 21.8. The van der Waals surface area contributed by atoms with Crippen LogP contribution in [0.3, 0.4) is 0 Å². The SMILES string of the molecule is NCCOCCOCCOCCOCCOCCOCCOCCOC1=CCCCC1. The standard InChI is InChI=1S/C22H43NO8/c23-6-7-24-8-9-25-10-11-26-12-13-27-14-15-28-16-17-29-18-19-30-20-21-31-22-4-2-1-3-5-22/h4H,1-3,5-21,23H2. The Balaban J connectivity index is 1.64. The fraction of sp³-hybridized carbons (Fsp3) is 0.909. The molecule has 0 aromatic carbocycles. The molecular weight excluding hydrogens is 406 g/mol. The van der Waals surface area contributed by atoms with E-state index in [1.807, 2.05) is 0 Å². The second kappa shape index (κ2) is 23.9. The molecule has 0 unspecified atom stereocenters. The quantitative estimate of drug-likeness (QED) is 0.220. The van der Waals surface area contributed by atoms with E-state index < -0.39 is 0 Å². The fourth-order valence-corrected chi connectivity index (χ4v) is 2.68. The third-order valence-corrected chi connectivity index (χ3v) is 4.26. The van der Waals surface area contributed by atoms with Crippen LogP contribution in [0, 0.1) is 0 Å². The molecule has 0 saturated carbocycles. The van der Waals surface area contributed by atoms with Gasteiger partial charge >= 0.3 is 0 Å². The summed E-state index contributed by atoms with van der Waals surface area (Å²) in [6, 6.07) is 0. The van der Waals surface area contributed by atoms with E-state index in [9.17, 15) is 0 Å². The van der Waals surface area contributed by atoms with Gasteiger partial charge in [-0.3, -0.25) is 0 Å². The van der Waals surface area contributed by atoms with Crippen LogP contribution in [0.1, 0.15) is 25.7 Å². The number of allylic oxidation sites excluding steroid dienone is 2. The maximum absolute atomic E-state index is 5.67. The predicted octanol–water partition coefficient (Wildman–Crippen LogP) is 1.54. The average molecular weight is 450 g/mol. The lowest BCUT2D eigenvalue weighted by Gasteiger charge is -2.14. The van der Waals surface area contributed by atoms with Gasteiger partial charge in [-0.2, -0.15) is 0 Å². The molecule has 1 rings (SSSR count). The van der Waals surface area contributed by atoms with E-state index in [0.717, 1.165) is 18.6 Å².